The molecule has 9 heteroatoms. The van der Waals surface area contributed by atoms with E-state index in [1.165, 1.54) is 26.2 Å². The number of likely N-dealkylation sites (tertiary alicyclic amines) is 1. The number of amides is 1. The van der Waals surface area contributed by atoms with Crippen LogP contribution in [0.5, 0.6) is 23.0 Å². The predicted molar refractivity (Wildman–Crippen MR) is 141 cm³/mol. The van der Waals surface area contributed by atoms with Gasteiger partial charge in [0.25, 0.3) is 11.7 Å². The molecule has 0 aromatic heterocycles. The van der Waals surface area contributed by atoms with E-state index in [1.54, 1.807) is 36.4 Å². The van der Waals surface area contributed by atoms with Crippen molar-refractivity contribution in [2.75, 3.05) is 55.1 Å². The fourth-order valence-corrected chi connectivity index (χ4v) is 4.38. The van der Waals surface area contributed by atoms with E-state index in [4.69, 9.17) is 18.9 Å². The van der Waals surface area contributed by atoms with Gasteiger partial charge in [0.2, 0.25) is 5.75 Å². The third-order valence-electron chi connectivity index (χ3n) is 6.13. The van der Waals surface area contributed by atoms with Crippen LogP contribution >= 0.6 is 0 Å². The first-order valence-corrected chi connectivity index (χ1v) is 12.2. The van der Waals surface area contributed by atoms with E-state index in [9.17, 15) is 14.7 Å². The lowest BCUT2D eigenvalue weighted by Crippen LogP contribution is -2.32. The molecule has 1 amide bonds. The fraction of sp³-hybridized carbons (Fsp3) is 0.429. The molecule has 9 nitrogen and oxygen atoms in total. The number of nitrogens with zero attached hydrogens (tertiary/aromatic N) is 2. The molecule has 1 aliphatic rings. The third kappa shape index (κ3) is 5.99. The molecule has 1 fully saturated rings. The molecule has 1 aliphatic heterocycles. The Balaban J connectivity index is 2.19. The third-order valence-corrected chi connectivity index (χ3v) is 6.13. The van der Waals surface area contributed by atoms with Crippen molar-refractivity contribution in [2.24, 2.45) is 0 Å². The zero-order valence-electron chi connectivity index (χ0n) is 22.4. The molecule has 0 radical (unpaired) electrons. The Morgan fingerprint density at radius 1 is 1.03 bits per heavy atom. The zero-order valence-corrected chi connectivity index (χ0v) is 22.4. The normalized spacial score (nSPS) is 16.8. The number of hydrogen-bond donors (Lipinski definition) is 1. The number of methoxy groups -OCH3 is 3. The van der Waals surface area contributed by atoms with E-state index in [0.717, 1.165) is 13.0 Å². The SMILES string of the molecule is CCCOc1cccc(C(O)=C2C(=O)C(=O)N(CCCN(C)C)C2c2cc(OC)c(OC)c(OC)c2)c1. The molecule has 0 saturated carbocycles. The molecule has 0 aliphatic carbocycles. The average Bonchev–Trinajstić information content (AvgIpc) is 3.15. The van der Waals surface area contributed by atoms with Crippen molar-refractivity contribution in [3.63, 3.8) is 0 Å². The van der Waals surface area contributed by atoms with E-state index in [-0.39, 0.29) is 11.3 Å². The summed E-state index contributed by atoms with van der Waals surface area (Å²) in [5.41, 5.74) is 0.938. The number of hydrogen-bond acceptors (Lipinski definition) is 8. The lowest BCUT2D eigenvalue weighted by Gasteiger charge is -2.27. The van der Waals surface area contributed by atoms with Crippen molar-refractivity contribution in [3.05, 3.63) is 53.1 Å². The van der Waals surface area contributed by atoms with Gasteiger partial charge in [0, 0.05) is 12.1 Å². The Hall–Kier alpha value is -3.72. The van der Waals surface area contributed by atoms with Crippen LogP contribution < -0.4 is 18.9 Å². The molecular formula is C28H36N2O7. The van der Waals surface area contributed by atoms with Crippen LogP contribution in [-0.2, 0) is 9.59 Å². The van der Waals surface area contributed by atoms with Crippen molar-refractivity contribution in [1.82, 2.24) is 9.80 Å². The second-order valence-corrected chi connectivity index (χ2v) is 8.98. The molecule has 2 aromatic carbocycles. The zero-order chi connectivity index (χ0) is 27.1. The molecule has 1 N–H and O–H groups in total. The molecule has 1 atom stereocenters. The van der Waals surface area contributed by atoms with Crippen LogP contribution in [0.25, 0.3) is 5.76 Å². The van der Waals surface area contributed by atoms with Crippen LogP contribution in [0.2, 0.25) is 0 Å². The summed E-state index contributed by atoms with van der Waals surface area (Å²) >= 11 is 0. The van der Waals surface area contributed by atoms with Crippen LogP contribution in [0.3, 0.4) is 0 Å². The highest BCUT2D eigenvalue weighted by Crippen LogP contribution is 2.45. The first-order valence-electron chi connectivity index (χ1n) is 12.2. The van der Waals surface area contributed by atoms with Crippen molar-refractivity contribution >= 4 is 17.4 Å². The minimum Gasteiger partial charge on any atom is -0.507 e. The molecule has 1 unspecified atom stereocenters. The van der Waals surface area contributed by atoms with Gasteiger partial charge in [0.1, 0.15) is 11.5 Å². The van der Waals surface area contributed by atoms with E-state index in [0.29, 0.717) is 53.7 Å². The van der Waals surface area contributed by atoms with Gasteiger partial charge in [-0.3, -0.25) is 9.59 Å². The lowest BCUT2D eigenvalue weighted by molar-refractivity contribution is -0.139. The number of ketones is 1. The van der Waals surface area contributed by atoms with Gasteiger partial charge < -0.3 is 33.9 Å². The average molecular weight is 513 g/mol. The first kappa shape index (κ1) is 27.9. The lowest BCUT2D eigenvalue weighted by atomic mass is 9.94. The maximum Gasteiger partial charge on any atom is 0.295 e. The van der Waals surface area contributed by atoms with Gasteiger partial charge in [0.15, 0.2) is 11.5 Å². The number of aliphatic hydroxyl groups excluding tert-OH is 1. The van der Waals surface area contributed by atoms with Gasteiger partial charge in [-0.25, -0.2) is 0 Å². The second kappa shape index (κ2) is 12.5. The number of ether oxygens (including phenoxy) is 4. The van der Waals surface area contributed by atoms with Gasteiger partial charge in [0.05, 0.1) is 39.6 Å². The summed E-state index contributed by atoms with van der Waals surface area (Å²) in [6, 6.07) is 9.41. The van der Waals surface area contributed by atoms with Crippen LogP contribution in [-0.4, -0.2) is 81.7 Å². The molecule has 0 spiro atoms. The predicted octanol–water partition coefficient (Wildman–Crippen LogP) is 3.87. The van der Waals surface area contributed by atoms with Crippen molar-refractivity contribution < 1.29 is 33.6 Å². The largest absolute Gasteiger partial charge is 0.507 e. The summed E-state index contributed by atoms with van der Waals surface area (Å²) in [4.78, 5) is 30.1. The minimum absolute atomic E-state index is 0.00299. The number of aliphatic hydroxyl groups is 1. The molecule has 200 valence electrons. The van der Waals surface area contributed by atoms with Gasteiger partial charge in [-0.1, -0.05) is 19.1 Å². The molecule has 2 aromatic rings. The van der Waals surface area contributed by atoms with E-state index in [2.05, 4.69) is 0 Å². The van der Waals surface area contributed by atoms with Gasteiger partial charge in [-0.2, -0.15) is 0 Å². The Morgan fingerprint density at radius 3 is 2.27 bits per heavy atom. The first-order chi connectivity index (χ1) is 17.8. The quantitative estimate of drug-likeness (QED) is 0.260. The van der Waals surface area contributed by atoms with Gasteiger partial charge >= 0.3 is 0 Å². The van der Waals surface area contributed by atoms with Gasteiger partial charge in [-0.05, 0) is 63.3 Å². The summed E-state index contributed by atoms with van der Waals surface area (Å²) < 4.78 is 22.2. The second-order valence-electron chi connectivity index (χ2n) is 8.98. The highest BCUT2D eigenvalue weighted by Gasteiger charge is 2.46. The summed E-state index contributed by atoms with van der Waals surface area (Å²) in [6.45, 7) is 3.56. The molecule has 0 bridgehead atoms. The van der Waals surface area contributed by atoms with Crippen LogP contribution in [0, 0.1) is 0 Å². The van der Waals surface area contributed by atoms with E-state index in [1.807, 2.05) is 25.9 Å². The van der Waals surface area contributed by atoms with Crippen molar-refractivity contribution in [3.8, 4) is 23.0 Å². The highest BCUT2D eigenvalue weighted by atomic mass is 16.5. The molecule has 1 heterocycles. The molecule has 1 saturated heterocycles. The molecule has 3 rings (SSSR count). The number of rotatable bonds is 12. The number of benzene rings is 2. The standard InChI is InChI=1S/C28H36N2O7/c1-7-14-37-20-11-8-10-18(15-20)25(31)23-24(30(28(33)26(23)32)13-9-12-29(2)3)19-16-21(34-4)27(36-6)22(17-19)35-5/h8,10-11,15-17,24,31H,7,9,12-14H2,1-6H3. The van der Waals surface area contributed by atoms with Crippen LogP contribution in [0.1, 0.15) is 36.9 Å². The van der Waals surface area contributed by atoms with E-state index < -0.39 is 17.7 Å². The Kier molecular flexibility index (Phi) is 9.41. The summed E-state index contributed by atoms with van der Waals surface area (Å²) in [6.07, 6.45) is 1.47. The Labute approximate surface area is 218 Å². The summed E-state index contributed by atoms with van der Waals surface area (Å²) in [5, 5.41) is 11.4. The van der Waals surface area contributed by atoms with Crippen molar-refractivity contribution in [2.45, 2.75) is 25.8 Å². The van der Waals surface area contributed by atoms with Crippen molar-refractivity contribution in [1.29, 1.82) is 0 Å². The smallest absolute Gasteiger partial charge is 0.295 e. The Morgan fingerprint density at radius 2 is 1.70 bits per heavy atom. The van der Waals surface area contributed by atoms with Crippen LogP contribution in [0.4, 0.5) is 0 Å². The minimum atomic E-state index is -0.851. The molecular weight excluding hydrogens is 476 g/mol. The fourth-order valence-electron chi connectivity index (χ4n) is 4.38. The highest BCUT2D eigenvalue weighted by molar-refractivity contribution is 6.46. The van der Waals surface area contributed by atoms with Gasteiger partial charge in [-0.15, -0.1) is 0 Å². The summed E-state index contributed by atoms with van der Waals surface area (Å²) in [7, 11) is 8.38. The number of carbonyl (C=O) groups excluding carboxylic acids is 2. The number of Topliss-reactive ketones (excluding diaryl/α,β-unsaturated/α-hetero) is 1. The van der Waals surface area contributed by atoms with Crippen LogP contribution in [0.15, 0.2) is 42.0 Å². The maximum atomic E-state index is 13.4. The topological polar surface area (TPSA) is 97.8 Å². The molecule has 37 heavy (non-hydrogen) atoms. The van der Waals surface area contributed by atoms with E-state index >= 15 is 0 Å². The summed E-state index contributed by atoms with van der Waals surface area (Å²) in [5.74, 6) is 0.0264. The monoisotopic (exact) mass is 512 g/mol. The maximum absolute atomic E-state index is 13.4. The number of carbonyl (C=O) groups is 2. The Bertz CT molecular complexity index is 1130.